The molecule has 4 heteroatoms. The van der Waals surface area contributed by atoms with Gasteiger partial charge in [0.05, 0.1) is 6.04 Å². The molecule has 2 saturated heterocycles. The summed E-state index contributed by atoms with van der Waals surface area (Å²) in [7, 11) is 1.94. The molecular formula is C14H26N2O2. The Hall–Kier alpha value is -0.610. The standard InChI is InChI=1S/C14H26N2O2/c1-11-4-3-5-13(15-11)14(17)16(2)10-12-6-8-18-9-7-12/h11-13,15H,3-10H2,1-2H3. The van der Waals surface area contributed by atoms with Crippen molar-refractivity contribution in [1.29, 1.82) is 0 Å². The number of amides is 1. The molecule has 0 saturated carbocycles. The molecule has 2 heterocycles. The van der Waals surface area contributed by atoms with Crippen molar-refractivity contribution >= 4 is 5.91 Å². The molecule has 1 amide bonds. The number of hydrogen-bond donors (Lipinski definition) is 1. The highest BCUT2D eigenvalue weighted by Crippen LogP contribution is 2.18. The molecule has 0 aromatic heterocycles. The monoisotopic (exact) mass is 254 g/mol. The lowest BCUT2D eigenvalue weighted by Gasteiger charge is -2.33. The first-order valence-corrected chi connectivity index (χ1v) is 7.25. The summed E-state index contributed by atoms with van der Waals surface area (Å²) in [5, 5.41) is 3.42. The summed E-state index contributed by atoms with van der Waals surface area (Å²) >= 11 is 0. The highest BCUT2D eigenvalue weighted by atomic mass is 16.5. The third-order valence-corrected chi connectivity index (χ3v) is 4.16. The fourth-order valence-corrected chi connectivity index (χ4v) is 3.01. The average Bonchev–Trinajstić information content (AvgIpc) is 2.39. The molecule has 18 heavy (non-hydrogen) atoms. The molecule has 1 N–H and O–H groups in total. The van der Waals surface area contributed by atoms with E-state index in [2.05, 4.69) is 12.2 Å². The van der Waals surface area contributed by atoms with Crippen LogP contribution in [0.4, 0.5) is 0 Å². The van der Waals surface area contributed by atoms with E-state index in [4.69, 9.17) is 4.74 Å². The van der Waals surface area contributed by atoms with Gasteiger partial charge in [0.25, 0.3) is 0 Å². The molecule has 0 aromatic rings. The van der Waals surface area contributed by atoms with Crippen LogP contribution in [0, 0.1) is 5.92 Å². The summed E-state index contributed by atoms with van der Waals surface area (Å²) in [6.45, 7) is 4.75. The van der Waals surface area contributed by atoms with Crippen molar-refractivity contribution in [3.63, 3.8) is 0 Å². The summed E-state index contributed by atoms with van der Waals surface area (Å²) in [5.41, 5.74) is 0. The third kappa shape index (κ3) is 3.69. The van der Waals surface area contributed by atoms with E-state index >= 15 is 0 Å². The average molecular weight is 254 g/mol. The van der Waals surface area contributed by atoms with E-state index in [1.807, 2.05) is 11.9 Å². The van der Waals surface area contributed by atoms with Gasteiger partial charge in [-0.2, -0.15) is 0 Å². The van der Waals surface area contributed by atoms with Crippen LogP contribution in [-0.4, -0.2) is 49.7 Å². The van der Waals surface area contributed by atoms with Crippen LogP contribution in [0.1, 0.15) is 39.0 Å². The van der Waals surface area contributed by atoms with Crippen LogP contribution >= 0.6 is 0 Å². The fourth-order valence-electron chi connectivity index (χ4n) is 3.01. The van der Waals surface area contributed by atoms with Gasteiger partial charge in [-0.3, -0.25) is 4.79 Å². The fraction of sp³-hybridized carbons (Fsp3) is 0.929. The number of rotatable bonds is 3. The number of nitrogens with zero attached hydrogens (tertiary/aromatic N) is 1. The molecule has 0 aliphatic carbocycles. The molecule has 0 radical (unpaired) electrons. The second kappa shape index (κ2) is 6.53. The molecule has 2 rings (SSSR count). The molecule has 104 valence electrons. The van der Waals surface area contributed by atoms with Crippen molar-refractivity contribution in [2.45, 2.75) is 51.1 Å². The minimum absolute atomic E-state index is 0.0404. The Bertz CT molecular complexity index is 277. The normalized spacial score (nSPS) is 30.1. The molecule has 4 nitrogen and oxygen atoms in total. The van der Waals surface area contributed by atoms with Gasteiger partial charge in [0, 0.05) is 32.8 Å². The summed E-state index contributed by atoms with van der Waals surface area (Å²) in [6.07, 6.45) is 5.52. The Balaban J connectivity index is 1.79. The Morgan fingerprint density at radius 3 is 2.67 bits per heavy atom. The van der Waals surface area contributed by atoms with E-state index in [0.29, 0.717) is 12.0 Å². The number of hydrogen-bond acceptors (Lipinski definition) is 3. The molecule has 0 bridgehead atoms. The van der Waals surface area contributed by atoms with Crippen molar-refractivity contribution in [1.82, 2.24) is 10.2 Å². The van der Waals surface area contributed by atoms with Crippen LogP contribution in [0.25, 0.3) is 0 Å². The highest BCUT2D eigenvalue weighted by molar-refractivity contribution is 5.81. The van der Waals surface area contributed by atoms with Crippen molar-refractivity contribution in [2.75, 3.05) is 26.8 Å². The zero-order chi connectivity index (χ0) is 13.0. The van der Waals surface area contributed by atoms with E-state index in [1.54, 1.807) is 0 Å². The number of nitrogens with one attached hydrogen (secondary N) is 1. The first-order valence-electron chi connectivity index (χ1n) is 7.25. The van der Waals surface area contributed by atoms with Gasteiger partial charge in [-0.25, -0.2) is 0 Å². The Morgan fingerprint density at radius 2 is 2.00 bits per heavy atom. The summed E-state index contributed by atoms with van der Waals surface area (Å²) in [5.74, 6) is 0.891. The molecule has 2 aliphatic heterocycles. The first-order chi connectivity index (χ1) is 8.66. The van der Waals surface area contributed by atoms with E-state index in [0.717, 1.165) is 45.4 Å². The predicted molar refractivity (Wildman–Crippen MR) is 71.4 cm³/mol. The van der Waals surface area contributed by atoms with Crippen LogP contribution in [0.15, 0.2) is 0 Å². The van der Waals surface area contributed by atoms with Gasteiger partial charge in [-0.1, -0.05) is 0 Å². The van der Waals surface area contributed by atoms with Crippen molar-refractivity contribution < 1.29 is 9.53 Å². The third-order valence-electron chi connectivity index (χ3n) is 4.16. The second-order valence-electron chi connectivity index (χ2n) is 5.83. The van der Waals surface area contributed by atoms with Crippen LogP contribution in [-0.2, 0) is 9.53 Å². The summed E-state index contributed by atoms with van der Waals surface area (Å²) < 4.78 is 5.36. The lowest BCUT2D eigenvalue weighted by atomic mass is 9.97. The predicted octanol–water partition coefficient (Wildman–Crippen LogP) is 1.40. The molecule has 0 spiro atoms. The van der Waals surface area contributed by atoms with Gasteiger partial charge in [0.1, 0.15) is 0 Å². The Labute approximate surface area is 110 Å². The van der Waals surface area contributed by atoms with Crippen LogP contribution in [0.3, 0.4) is 0 Å². The smallest absolute Gasteiger partial charge is 0.239 e. The van der Waals surface area contributed by atoms with Gasteiger partial charge in [0.15, 0.2) is 0 Å². The molecule has 0 aromatic carbocycles. The second-order valence-corrected chi connectivity index (χ2v) is 5.83. The highest BCUT2D eigenvalue weighted by Gasteiger charge is 2.27. The molecule has 2 fully saturated rings. The van der Waals surface area contributed by atoms with Gasteiger partial charge in [0.2, 0.25) is 5.91 Å². The van der Waals surface area contributed by atoms with Crippen molar-refractivity contribution in [3.05, 3.63) is 0 Å². The van der Waals surface area contributed by atoms with Gasteiger partial charge >= 0.3 is 0 Å². The molecule has 2 atom stereocenters. The number of piperidine rings is 1. The van der Waals surface area contributed by atoms with Crippen LogP contribution in [0.2, 0.25) is 0 Å². The maximum atomic E-state index is 12.3. The van der Waals surface area contributed by atoms with E-state index in [-0.39, 0.29) is 11.9 Å². The summed E-state index contributed by atoms with van der Waals surface area (Å²) in [6, 6.07) is 0.516. The van der Waals surface area contributed by atoms with Crippen molar-refractivity contribution in [2.24, 2.45) is 5.92 Å². The molecule has 2 aliphatic rings. The van der Waals surface area contributed by atoms with Gasteiger partial charge in [-0.15, -0.1) is 0 Å². The van der Waals surface area contributed by atoms with Crippen LogP contribution in [0.5, 0.6) is 0 Å². The van der Waals surface area contributed by atoms with Crippen molar-refractivity contribution in [3.8, 4) is 0 Å². The van der Waals surface area contributed by atoms with Gasteiger partial charge < -0.3 is 15.0 Å². The van der Waals surface area contributed by atoms with E-state index in [1.165, 1.54) is 6.42 Å². The number of likely N-dealkylation sites (N-methyl/N-ethyl adjacent to an activating group) is 1. The largest absolute Gasteiger partial charge is 0.381 e. The molecule has 2 unspecified atom stereocenters. The summed E-state index contributed by atoms with van der Waals surface area (Å²) in [4.78, 5) is 14.3. The molecular weight excluding hydrogens is 228 g/mol. The Kier molecular flexibility index (Phi) is 5.01. The maximum absolute atomic E-state index is 12.3. The lowest BCUT2D eigenvalue weighted by molar-refractivity contribution is -0.134. The van der Waals surface area contributed by atoms with Gasteiger partial charge in [-0.05, 0) is 44.9 Å². The first kappa shape index (κ1) is 13.8. The zero-order valence-corrected chi connectivity index (χ0v) is 11.7. The number of ether oxygens (including phenoxy) is 1. The quantitative estimate of drug-likeness (QED) is 0.828. The number of carbonyl (C=O) groups is 1. The minimum atomic E-state index is 0.0404. The van der Waals surface area contributed by atoms with Crippen LogP contribution < -0.4 is 5.32 Å². The topological polar surface area (TPSA) is 41.6 Å². The van der Waals surface area contributed by atoms with E-state index in [9.17, 15) is 4.79 Å². The number of carbonyl (C=O) groups excluding carboxylic acids is 1. The Morgan fingerprint density at radius 1 is 1.28 bits per heavy atom. The zero-order valence-electron chi connectivity index (χ0n) is 11.7. The maximum Gasteiger partial charge on any atom is 0.239 e. The lowest BCUT2D eigenvalue weighted by Crippen LogP contribution is -2.51. The van der Waals surface area contributed by atoms with E-state index < -0.39 is 0 Å². The minimum Gasteiger partial charge on any atom is -0.381 e. The SMILES string of the molecule is CC1CCCC(C(=O)N(C)CC2CCOCC2)N1.